The van der Waals surface area contributed by atoms with E-state index < -0.39 is 10.9 Å². The number of rotatable bonds is 6. The van der Waals surface area contributed by atoms with Gasteiger partial charge in [-0.15, -0.1) is 0 Å². The maximum Gasteiger partial charge on any atom is 0.331 e. The normalized spacial score (nSPS) is 10.9. The minimum Gasteiger partial charge on any atom is -0.458 e. The number of nitrogens with zero attached hydrogens (tertiary/aromatic N) is 3. The highest BCUT2D eigenvalue weighted by Crippen LogP contribution is 2.19. The first-order valence-electron chi connectivity index (χ1n) is 8.65. The Hall–Kier alpha value is -3.74. The van der Waals surface area contributed by atoms with Crippen LogP contribution < -0.4 is 0 Å². The van der Waals surface area contributed by atoms with E-state index in [4.69, 9.17) is 4.74 Å². The van der Waals surface area contributed by atoms with Crippen LogP contribution in [0.2, 0.25) is 0 Å². The van der Waals surface area contributed by atoms with Crippen LogP contribution in [0.4, 0.5) is 5.69 Å². The number of benzene rings is 2. The fourth-order valence-electron chi connectivity index (χ4n) is 2.83. The number of hydrogen-bond acceptors (Lipinski definition) is 5. The quantitative estimate of drug-likeness (QED) is 0.279. The number of ether oxygens (including phenoxy) is 1. The molecule has 0 amide bonds. The third-order valence-electron chi connectivity index (χ3n) is 4.24. The summed E-state index contributed by atoms with van der Waals surface area (Å²) in [4.78, 5) is 22.4. The molecule has 7 heteroatoms. The summed E-state index contributed by atoms with van der Waals surface area (Å²) in [6, 6.07) is 15.7. The standard InChI is InChI=1S/C21H19N3O4/c1-15-20(16(2)23(22-15)18-8-4-3-5-9-18)11-12-21(25)28-14-17-7-6-10-19(13-17)24(26)27/h3-13H,14H2,1-2H3/b12-11+. The number of non-ortho nitro benzene ring substituents is 1. The Labute approximate surface area is 162 Å². The van der Waals surface area contributed by atoms with Gasteiger partial charge in [0, 0.05) is 29.5 Å². The van der Waals surface area contributed by atoms with E-state index in [0.717, 1.165) is 22.6 Å². The lowest BCUT2D eigenvalue weighted by Crippen LogP contribution is -2.01. The highest BCUT2D eigenvalue weighted by molar-refractivity contribution is 5.87. The molecule has 0 spiro atoms. The summed E-state index contributed by atoms with van der Waals surface area (Å²) in [7, 11) is 0. The van der Waals surface area contributed by atoms with Gasteiger partial charge < -0.3 is 4.74 Å². The second-order valence-corrected chi connectivity index (χ2v) is 6.20. The maximum atomic E-state index is 12.0. The molecule has 0 radical (unpaired) electrons. The molecule has 2 aromatic carbocycles. The Morgan fingerprint density at radius 3 is 2.64 bits per heavy atom. The number of para-hydroxylation sites is 1. The number of aryl methyl sites for hydroxylation is 1. The van der Waals surface area contributed by atoms with Crippen molar-refractivity contribution in [1.82, 2.24) is 9.78 Å². The number of hydrogen-bond donors (Lipinski definition) is 0. The SMILES string of the molecule is Cc1nn(-c2ccccc2)c(C)c1/C=C/C(=O)OCc1cccc([N+](=O)[O-])c1. The second-order valence-electron chi connectivity index (χ2n) is 6.20. The molecule has 28 heavy (non-hydrogen) atoms. The third-order valence-corrected chi connectivity index (χ3v) is 4.24. The van der Waals surface area contributed by atoms with Crippen LogP contribution in [0.15, 0.2) is 60.7 Å². The van der Waals surface area contributed by atoms with Gasteiger partial charge in [0.15, 0.2) is 0 Å². The molecular weight excluding hydrogens is 358 g/mol. The van der Waals surface area contributed by atoms with Crippen molar-refractivity contribution in [3.05, 3.63) is 93.3 Å². The lowest BCUT2D eigenvalue weighted by molar-refractivity contribution is -0.384. The molecule has 0 aliphatic rings. The topological polar surface area (TPSA) is 87.3 Å². The summed E-state index contributed by atoms with van der Waals surface area (Å²) in [5, 5.41) is 15.3. The van der Waals surface area contributed by atoms with Crippen LogP contribution in [-0.2, 0) is 16.1 Å². The zero-order valence-electron chi connectivity index (χ0n) is 15.5. The molecule has 1 aromatic heterocycles. The monoisotopic (exact) mass is 377 g/mol. The van der Waals surface area contributed by atoms with Crippen LogP contribution in [-0.4, -0.2) is 20.7 Å². The highest BCUT2D eigenvalue weighted by Gasteiger charge is 2.11. The zero-order valence-corrected chi connectivity index (χ0v) is 15.5. The molecule has 0 saturated heterocycles. The first-order valence-corrected chi connectivity index (χ1v) is 8.65. The van der Waals surface area contributed by atoms with E-state index >= 15 is 0 Å². The highest BCUT2D eigenvalue weighted by atomic mass is 16.6. The number of carbonyl (C=O) groups is 1. The number of nitro benzene ring substituents is 1. The summed E-state index contributed by atoms with van der Waals surface area (Å²) in [5.74, 6) is -0.530. The van der Waals surface area contributed by atoms with Crippen LogP contribution in [0.25, 0.3) is 11.8 Å². The average molecular weight is 377 g/mol. The molecule has 0 atom stereocenters. The molecule has 0 aliphatic heterocycles. The van der Waals surface area contributed by atoms with Gasteiger partial charge in [-0.2, -0.15) is 5.10 Å². The van der Waals surface area contributed by atoms with E-state index in [1.807, 2.05) is 48.9 Å². The summed E-state index contributed by atoms with van der Waals surface area (Å²) in [6.07, 6.45) is 3.01. The van der Waals surface area contributed by atoms with Gasteiger partial charge in [-0.05, 0) is 37.6 Å². The van der Waals surface area contributed by atoms with Crippen molar-refractivity contribution >= 4 is 17.7 Å². The molecule has 0 saturated carbocycles. The molecule has 0 unspecified atom stereocenters. The van der Waals surface area contributed by atoms with Crippen molar-refractivity contribution in [3.63, 3.8) is 0 Å². The van der Waals surface area contributed by atoms with Crippen molar-refractivity contribution in [2.75, 3.05) is 0 Å². The van der Waals surface area contributed by atoms with E-state index in [0.29, 0.717) is 5.56 Å². The number of esters is 1. The Balaban J connectivity index is 1.69. The van der Waals surface area contributed by atoms with Crippen molar-refractivity contribution in [2.45, 2.75) is 20.5 Å². The van der Waals surface area contributed by atoms with Crippen LogP contribution in [0, 0.1) is 24.0 Å². The lowest BCUT2D eigenvalue weighted by atomic mass is 10.2. The van der Waals surface area contributed by atoms with Gasteiger partial charge >= 0.3 is 5.97 Å². The van der Waals surface area contributed by atoms with Gasteiger partial charge in [0.05, 0.1) is 16.3 Å². The summed E-state index contributed by atoms with van der Waals surface area (Å²) < 4.78 is 7.00. The number of nitro groups is 1. The van der Waals surface area contributed by atoms with E-state index in [1.54, 1.807) is 18.2 Å². The predicted molar refractivity (Wildman–Crippen MR) is 105 cm³/mol. The van der Waals surface area contributed by atoms with E-state index in [9.17, 15) is 14.9 Å². The first kappa shape index (κ1) is 19.0. The molecule has 0 N–H and O–H groups in total. The van der Waals surface area contributed by atoms with Crippen molar-refractivity contribution in [2.24, 2.45) is 0 Å². The molecule has 142 valence electrons. The van der Waals surface area contributed by atoms with Gasteiger partial charge in [-0.1, -0.05) is 30.3 Å². The van der Waals surface area contributed by atoms with Crippen molar-refractivity contribution in [3.8, 4) is 5.69 Å². The molecule has 3 aromatic rings. The van der Waals surface area contributed by atoms with Crippen LogP contribution >= 0.6 is 0 Å². The van der Waals surface area contributed by atoms with E-state index in [-0.39, 0.29) is 12.3 Å². The summed E-state index contributed by atoms with van der Waals surface area (Å²) >= 11 is 0. The average Bonchev–Trinajstić information content (AvgIpc) is 2.99. The van der Waals surface area contributed by atoms with Gasteiger partial charge in [0.2, 0.25) is 0 Å². The molecule has 0 fully saturated rings. The van der Waals surface area contributed by atoms with Gasteiger partial charge in [0.25, 0.3) is 5.69 Å². The van der Waals surface area contributed by atoms with Gasteiger partial charge in [-0.3, -0.25) is 10.1 Å². The van der Waals surface area contributed by atoms with Gasteiger partial charge in [-0.25, -0.2) is 9.48 Å². The largest absolute Gasteiger partial charge is 0.458 e. The molecule has 3 rings (SSSR count). The molecule has 7 nitrogen and oxygen atoms in total. The second kappa shape index (κ2) is 8.30. The first-order chi connectivity index (χ1) is 13.5. The zero-order chi connectivity index (χ0) is 20.1. The van der Waals surface area contributed by atoms with E-state index in [1.165, 1.54) is 18.2 Å². The Morgan fingerprint density at radius 1 is 1.18 bits per heavy atom. The maximum absolute atomic E-state index is 12.0. The fourth-order valence-corrected chi connectivity index (χ4v) is 2.83. The van der Waals surface area contributed by atoms with Crippen molar-refractivity contribution < 1.29 is 14.5 Å². The Kier molecular flexibility index (Phi) is 5.64. The Morgan fingerprint density at radius 2 is 1.93 bits per heavy atom. The summed E-state index contributed by atoms with van der Waals surface area (Å²) in [6.45, 7) is 3.77. The lowest BCUT2D eigenvalue weighted by Gasteiger charge is -2.04. The smallest absolute Gasteiger partial charge is 0.331 e. The Bertz CT molecular complexity index is 1040. The molecule has 0 bridgehead atoms. The van der Waals surface area contributed by atoms with Crippen molar-refractivity contribution in [1.29, 1.82) is 0 Å². The minimum atomic E-state index is -0.530. The number of aromatic nitrogens is 2. The molecular formula is C21H19N3O4. The molecule has 1 heterocycles. The number of carbonyl (C=O) groups excluding carboxylic acids is 1. The predicted octanol–water partition coefficient (Wildman–Crippen LogP) is 4.15. The van der Waals surface area contributed by atoms with E-state index in [2.05, 4.69) is 5.10 Å². The fraction of sp³-hybridized carbons (Fsp3) is 0.143. The third kappa shape index (κ3) is 4.32. The van der Waals surface area contributed by atoms with Crippen LogP contribution in [0.1, 0.15) is 22.5 Å². The molecule has 0 aliphatic carbocycles. The minimum absolute atomic E-state index is 0.0356. The summed E-state index contributed by atoms with van der Waals surface area (Å²) in [5.41, 5.74) is 4.01. The van der Waals surface area contributed by atoms with Crippen LogP contribution in [0.3, 0.4) is 0 Å². The van der Waals surface area contributed by atoms with Gasteiger partial charge in [0.1, 0.15) is 6.61 Å². The van der Waals surface area contributed by atoms with Crippen LogP contribution in [0.5, 0.6) is 0 Å².